The van der Waals surface area contributed by atoms with Crippen molar-refractivity contribution in [2.45, 2.75) is 39.2 Å². The summed E-state index contributed by atoms with van der Waals surface area (Å²) in [4.78, 5) is 50.8. The molecule has 1 fully saturated rings. The van der Waals surface area contributed by atoms with E-state index < -0.39 is 6.03 Å². The number of ether oxygens (including phenoxy) is 3. The number of anilines is 4. The van der Waals surface area contributed by atoms with Crippen LogP contribution < -0.4 is 36.1 Å². The third-order valence-electron chi connectivity index (χ3n) is 9.49. The molecule has 1 aliphatic heterocycles. The summed E-state index contributed by atoms with van der Waals surface area (Å²) >= 11 is 0. The molecule has 1 unspecified atom stereocenters. The maximum absolute atomic E-state index is 13.5. The molecular weight excluding hydrogens is 737 g/mol. The highest BCUT2D eigenvalue weighted by atomic mass is 16.5. The average molecular weight is 785 g/mol. The predicted molar refractivity (Wildman–Crippen MR) is 226 cm³/mol. The van der Waals surface area contributed by atoms with Crippen LogP contribution in [0.1, 0.15) is 59.5 Å². The Labute approximate surface area is 338 Å². The highest BCUT2D eigenvalue weighted by molar-refractivity contribution is 6.09. The van der Waals surface area contributed by atoms with Crippen LogP contribution >= 0.6 is 0 Å². The fourth-order valence-corrected chi connectivity index (χ4v) is 6.56. The number of fused-ring (bicyclic) bond motifs is 1. The molecule has 0 aliphatic carbocycles. The molecule has 2 heterocycles. The maximum Gasteiger partial charge on any atom is 0.323 e. The van der Waals surface area contributed by atoms with Gasteiger partial charge in [0, 0.05) is 72.6 Å². The molecule has 0 saturated carbocycles. The zero-order valence-corrected chi connectivity index (χ0v) is 33.5. The minimum atomic E-state index is -0.533. The molecule has 1 aromatic heterocycles. The highest BCUT2D eigenvalue weighted by Gasteiger charge is 2.24. The lowest BCUT2D eigenvalue weighted by Gasteiger charge is -2.29. The molecule has 1 atom stereocenters. The summed E-state index contributed by atoms with van der Waals surface area (Å²) in [5, 5.41) is 16.1. The van der Waals surface area contributed by atoms with Gasteiger partial charge in [0.05, 0.1) is 37.3 Å². The maximum atomic E-state index is 13.5. The molecule has 0 radical (unpaired) electrons. The third-order valence-corrected chi connectivity index (χ3v) is 9.49. The highest BCUT2D eigenvalue weighted by Crippen LogP contribution is 2.37. The molecule has 14 heteroatoms. The van der Waals surface area contributed by atoms with Crippen LogP contribution in [-0.4, -0.2) is 85.8 Å². The number of morpholine rings is 1. The summed E-state index contributed by atoms with van der Waals surface area (Å²) in [6, 6.07) is 20.6. The molecule has 5 aromatic rings. The number of hydrogen-bond acceptors (Lipinski definition) is 10. The largest absolute Gasteiger partial charge is 0.494 e. The minimum absolute atomic E-state index is 0.0862. The number of methoxy groups -OCH3 is 1. The Kier molecular flexibility index (Phi) is 12.8. The summed E-state index contributed by atoms with van der Waals surface area (Å²) in [6.07, 6.45) is 7.31. The Bertz CT molecular complexity index is 2360. The standard InChI is InChI=1S/C44H48N8O6/c1-8-28-21-29(40(53)47-27(2)26-52-17-19-57-20-18-52)23-31(22-28)48-42-46-16-15-38(51-42)58-37-14-13-35(32-11-9-10-12-33(32)37)49-43(55)50-36-25-30(44(3,4)5)24-34(39(36)56-7)41(54)45-6/h1,9-16,21-25,27H,17-20,26H2,2-7H3,(H,45,54)(H,47,53)(H,46,48,51)(H2,49,50,55). The van der Waals surface area contributed by atoms with Crippen LogP contribution in [0.3, 0.4) is 0 Å². The Morgan fingerprint density at radius 3 is 2.40 bits per heavy atom. The van der Waals surface area contributed by atoms with Crippen LogP contribution in [0.5, 0.6) is 17.4 Å². The van der Waals surface area contributed by atoms with Crippen LogP contribution in [-0.2, 0) is 10.2 Å². The fraction of sp³-hybridized carbons (Fsp3) is 0.295. The number of terminal acetylenes is 1. The Balaban J connectivity index is 1.18. The normalized spacial score (nSPS) is 13.5. The van der Waals surface area contributed by atoms with Crippen molar-refractivity contribution in [3.63, 3.8) is 0 Å². The first-order valence-electron chi connectivity index (χ1n) is 18.9. The molecule has 0 bridgehead atoms. The monoisotopic (exact) mass is 784 g/mol. The number of carbonyl (C=O) groups excluding carboxylic acids is 3. The number of nitrogens with one attached hydrogen (secondary N) is 5. The predicted octanol–water partition coefficient (Wildman–Crippen LogP) is 6.91. The second kappa shape index (κ2) is 18.1. The average Bonchev–Trinajstić information content (AvgIpc) is 3.21. The quantitative estimate of drug-likeness (QED) is 0.0839. The van der Waals surface area contributed by atoms with Gasteiger partial charge in [-0.25, -0.2) is 9.78 Å². The second-order valence-electron chi connectivity index (χ2n) is 14.8. The number of nitrogens with zero attached hydrogens (tertiary/aromatic N) is 3. The summed E-state index contributed by atoms with van der Waals surface area (Å²) in [7, 11) is 2.99. The van der Waals surface area contributed by atoms with Crippen molar-refractivity contribution < 1.29 is 28.6 Å². The summed E-state index contributed by atoms with van der Waals surface area (Å²) < 4.78 is 17.3. The van der Waals surface area contributed by atoms with Gasteiger partial charge >= 0.3 is 6.03 Å². The van der Waals surface area contributed by atoms with Crippen LogP contribution in [0.2, 0.25) is 0 Å². The Morgan fingerprint density at radius 1 is 0.948 bits per heavy atom. The summed E-state index contributed by atoms with van der Waals surface area (Å²) in [5.74, 6) is 3.25. The fourth-order valence-electron chi connectivity index (χ4n) is 6.56. The van der Waals surface area contributed by atoms with E-state index in [1.54, 1.807) is 61.8 Å². The molecule has 58 heavy (non-hydrogen) atoms. The van der Waals surface area contributed by atoms with Gasteiger partial charge in [0.25, 0.3) is 11.8 Å². The van der Waals surface area contributed by atoms with Crippen molar-refractivity contribution in [1.29, 1.82) is 0 Å². The van der Waals surface area contributed by atoms with Gasteiger partial charge in [-0.1, -0.05) is 51.0 Å². The molecule has 4 aromatic carbocycles. The first-order valence-corrected chi connectivity index (χ1v) is 18.9. The molecule has 5 N–H and O–H groups in total. The number of amides is 4. The third kappa shape index (κ3) is 9.99. The molecular formula is C44H48N8O6. The van der Waals surface area contributed by atoms with E-state index in [0.717, 1.165) is 18.7 Å². The van der Waals surface area contributed by atoms with Gasteiger partial charge in [-0.05, 0) is 60.4 Å². The van der Waals surface area contributed by atoms with Crippen molar-refractivity contribution in [2.24, 2.45) is 0 Å². The van der Waals surface area contributed by atoms with Crippen molar-refractivity contribution in [2.75, 3.05) is 63.0 Å². The number of urea groups is 1. The number of aromatic nitrogens is 2. The lowest BCUT2D eigenvalue weighted by atomic mass is 9.85. The van der Waals surface area contributed by atoms with E-state index in [9.17, 15) is 14.4 Å². The number of benzene rings is 4. The van der Waals surface area contributed by atoms with Crippen LogP contribution in [0.15, 0.2) is 79.0 Å². The van der Waals surface area contributed by atoms with Crippen LogP contribution in [0.25, 0.3) is 10.8 Å². The second-order valence-corrected chi connectivity index (χ2v) is 14.8. The topological polar surface area (TPSA) is 168 Å². The smallest absolute Gasteiger partial charge is 0.323 e. The first-order chi connectivity index (χ1) is 27.8. The minimum Gasteiger partial charge on any atom is -0.494 e. The van der Waals surface area contributed by atoms with E-state index in [-0.39, 0.29) is 40.8 Å². The molecule has 1 aliphatic rings. The van der Waals surface area contributed by atoms with Crippen molar-refractivity contribution in [3.8, 4) is 29.7 Å². The number of rotatable bonds is 12. The molecule has 0 spiro atoms. The van der Waals surface area contributed by atoms with Crippen LogP contribution in [0.4, 0.5) is 27.8 Å². The Morgan fingerprint density at radius 2 is 1.69 bits per heavy atom. The van der Waals surface area contributed by atoms with Gasteiger partial charge in [-0.15, -0.1) is 6.42 Å². The molecule has 6 rings (SSSR count). The summed E-state index contributed by atoms with van der Waals surface area (Å²) in [5.41, 5.74) is 3.16. The van der Waals surface area contributed by atoms with Gasteiger partial charge in [0.2, 0.25) is 11.8 Å². The van der Waals surface area contributed by atoms with E-state index in [2.05, 4.69) is 47.4 Å². The van der Waals surface area contributed by atoms with Gasteiger partial charge in [0.15, 0.2) is 5.75 Å². The lowest BCUT2D eigenvalue weighted by Crippen LogP contribution is -2.46. The number of carbonyl (C=O) groups is 3. The molecule has 4 amide bonds. The van der Waals surface area contributed by atoms with Gasteiger partial charge in [0.1, 0.15) is 5.75 Å². The molecule has 1 saturated heterocycles. The van der Waals surface area contributed by atoms with E-state index in [1.165, 1.54) is 7.11 Å². The van der Waals surface area contributed by atoms with Crippen molar-refractivity contribution >= 4 is 51.6 Å². The van der Waals surface area contributed by atoms with Gasteiger partial charge in [-0.3, -0.25) is 14.5 Å². The first kappa shape index (κ1) is 41.0. The van der Waals surface area contributed by atoms with Crippen molar-refractivity contribution in [3.05, 3.63) is 101 Å². The summed E-state index contributed by atoms with van der Waals surface area (Å²) in [6.45, 7) is 11.8. The van der Waals surface area contributed by atoms with Gasteiger partial charge < -0.3 is 40.8 Å². The molecule has 300 valence electrons. The lowest BCUT2D eigenvalue weighted by molar-refractivity contribution is 0.0342. The van der Waals surface area contributed by atoms with Gasteiger partial charge in [-0.2, -0.15) is 4.98 Å². The Hall–Kier alpha value is -6.69. The van der Waals surface area contributed by atoms with Crippen molar-refractivity contribution in [1.82, 2.24) is 25.5 Å². The SMILES string of the molecule is C#Cc1cc(Nc2nccc(Oc3ccc(NC(=O)Nc4cc(C(C)(C)C)cc(C(=O)NC)c4OC)c4ccccc34)n2)cc(C(=O)NC(C)CN2CCOCC2)c1. The zero-order chi connectivity index (χ0) is 41.4. The van der Waals surface area contributed by atoms with E-state index in [4.69, 9.17) is 20.6 Å². The number of hydrogen-bond donors (Lipinski definition) is 5. The van der Waals surface area contributed by atoms with Crippen LogP contribution in [0, 0.1) is 12.3 Å². The molecule has 14 nitrogen and oxygen atoms in total. The van der Waals surface area contributed by atoms with E-state index >= 15 is 0 Å². The van der Waals surface area contributed by atoms with E-state index in [0.29, 0.717) is 70.0 Å². The zero-order valence-electron chi connectivity index (χ0n) is 33.5. The van der Waals surface area contributed by atoms with E-state index in [1.807, 2.05) is 52.0 Å².